The Morgan fingerprint density at radius 3 is 2.79 bits per heavy atom. The number of aryl methyl sites for hydroxylation is 1. The highest BCUT2D eigenvalue weighted by molar-refractivity contribution is 6.18. The summed E-state index contributed by atoms with van der Waals surface area (Å²) in [7, 11) is 0. The highest BCUT2D eigenvalue weighted by atomic mass is 16.1. The van der Waals surface area contributed by atoms with Crippen LogP contribution in [0.25, 0.3) is 0 Å². The van der Waals surface area contributed by atoms with Crippen molar-refractivity contribution in [3.63, 3.8) is 0 Å². The molecule has 2 aromatic rings. The Labute approximate surface area is 111 Å². The van der Waals surface area contributed by atoms with Crippen molar-refractivity contribution in [2.45, 2.75) is 6.92 Å². The first-order valence-corrected chi connectivity index (χ1v) is 6.11. The van der Waals surface area contributed by atoms with Gasteiger partial charge < -0.3 is 5.32 Å². The van der Waals surface area contributed by atoms with Crippen LogP contribution < -0.4 is 5.32 Å². The number of carbonyl (C=O) groups is 1. The fourth-order valence-electron chi connectivity index (χ4n) is 2.05. The molecule has 1 N–H and O–H groups in total. The van der Waals surface area contributed by atoms with E-state index >= 15 is 0 Å². The van der Waals surface area contributed by atoms with Gasteiger partial charge in [0.2, 0.25) is 5.91 Å². The Hall–Kier alpha value is -2.49. The molecular formula is C15H13N3O. The van der Waals surface area contributed by atoms with Gasteiger partial charge in [0, 0.05) is 11.8 Å². The van der Waals surface area contributed by atoms with Crippen molar-refractivity contribution >= 4 is 17.3 Å². The molecular weight excluding hydrogens is 238 g/mol. The third kappa shape index (κ3) is 2.25. The number of aromatic nitrogens is 1. The number of benzodiazepines with no additional fused rings is 1. The molecule has 1 aromatic heterocycles. The quantitative estimate of drug-likeness (QED) is 0.844. The highest BCUT2D eigenvalue weighted by Crippen LogP contribution is 2.21. The van der Waals surface area contributed by atoms with Crippen molar-refractivity contribution in [3.8, 4) is 0 Å². The number of hydrogen-bond acceptors (Lipinski definition) is 3. The number of para-hydroxylation sites is 1. The minimum absolute atomic E-state index is 0.102. The summed E-state index contributed by atoms with van der Waals surface area (Å²) in [5.74, 6) is -0.102. The molecule has 1 aliphatic rings. The van der Waals surface area contributed by atoms with Crippen LogP contribution in [-0.4, -0.2) is 23.1 Å². The summed E-state index contributed by atoms with van der Waals surface area (Å²) in [5.41, 5.74) is 4.33. The van der Waals surface area contributed by atoms with Gasteiger partial charge in [-0.25, -0.2) is 0 Å². The molecule has 0 unspecified atom stereocenters. The first kappa shape index (κ1) is 11.6. The van der Waals surface area contributed by atoms with Crippen molar-refractivity contribution in [1.82, 2.24) is 4.98 Å². The minimum Gasteiger partial charge on any atom is -0.324 e. The van der Waals surface area contributed by atoms with Crippen molar-refractivity contribution in [2.75, 3.05) is 11.9 Å². The SMILES string of the molecule is Cc1ccc(C2=NCC(=O)Nc3ccccc32)nc1. The molecule has 2 heterocycles. The summed E-state index contributed by atoms with van der Waals surface area (Å²) < 4.78 is 0. The lowest BCUT2D eigenvalue weighted by Crippen LogP contribution is -2.13. The predicted molar refractivity (Wildman–Crippen MR) is 74.6 cm³/mol. The van der Waals surface area contributed by atoms with Gasteiger partial charge in [-0.1, -0.05) is 24.3 Å². The van der Waals surface area contributed by atoms with Crippen LogP contribution >= 0.6 is 0 Å². The molecule has 19 heavy (non-hydrogen) atoms. The van der Waals surface area contributed by atoms with E-state index < -0.39 is 0 Å². The van der Waals surface area contributed by atoms with Crippen LogP contribution in [0.1, 0.15) is 16.8 Å². The summed E-state index contributed by atoms with van der Waals surface area (Å²) >= 11 is 0. The van der Waals surface area contributed by atoms with Crippen LogP contribution in [-0.2, 0) is 4.79 Å². The zero-order valence-electron chi connectivity index (χ0n) is 10.6. The van der Waals surface area contributed by atoms with Gasteiger partial charge in [0.25, 0.3) is 0 Å². The normalized spacial score (nSPS) is 14.2. The van der Waals surface area contributed by atoms with E-state index in [1.165, 1.54) is 0 Å². The van der Waals surface area contributed by atoms with Gasteiger partial charge in [0.1, 0.15) is 6.54 Å². The molecule has 0 aliphatic carbocycles. The standard InChI is InChI=1S/C15H13N3O/c1-10-6-7-13(16-8-10)15-11-4-2-3-5-12(11)18-14(19)9-17-15/h2-8H,9H2,1H3,(H,18,19). The first-order chi connectivity index (χ1) is 9.24. The second-order valence-electron chi connectivity index (χ2n) is 4.48. The fraction of sp³-hybridized carbons (Fsp3) is 0.133. The van der Waals surface area contributed by atoms with E-state index in [4.69, 9.17) is 0 Å². The van der Waals surface area contributed by atoms with Crippen molar-refractivity contribution in [1.29, 1.82) is 0 Å². The largest absolute Gasteiger partial charge is 0.324 e. The maximum atomic E-state index is 11.6. The number of amides is 1. The molecule has 0 radical (unpaired) electrons. The monoisotopic (exact) mass is 251 g/mol. The summed E-state index contributed by atoms with van der Waals surface area (Å²) in [6.45, 7) is 2.12. The lowest BCUT2D eigenvalue weighted by molar-refractivity contribution is -0.114. The molecule has 0 saturated heterocycles. The zero-order valence-corrected chi connectivity index (χ0v) is 10.6. The van der Waals surface area contributed by atoms with E-state index in [0.29, 0.717) is 0 Å². The third-order valence-electron chi connectivity index (χ3n) is 2.99. The first-order valence-electron chi connectivity index (χ1n) is 6.11. The topological polar surface area (TPSA) is 54.4 Å². The van der Waals surface area contributed by atoms with Crippen LogP contribution in [0, 0.1) is 6.92 Å². The van der Waals surface area contributed by atoms with E-state index in [1.807, 2.05) is 43.3 Å². The zero-order chi connectivity index (χ0) is 13.2. The van der Waals surface area contributed by atoms with E-state index in [-0.39, 0.29) is 12.5 Å². The summed E-state index contributed by atoms with van der Waals surface area (Å²) in [5, 5.41) is 2.85. The van der Waals surface area contributed by atoms with E-state index in [1.54, 1.807) is 6.20 Å². The molecule has 4 heteroatoms. The van der Waals surface area contributed by atoms with Gasteiger partial charge in [0.05, 0.1) is 17.1 Å². The molecule has 1 aromatic carbocycles. The highest BCUT2D eigenvalue weighted by Gasteiger charge is 2.17. The molecule has 0 saturated carbocycles. The number of pyridine rings is 1. The molecule has 0 bridgehead atoms. The minimum atomic E-state index is -0.102. The number of nitrogens with zero attached hydrogens (tertiary/aromatic N) is 2. The lowest BCUT2D eigenvalue weighted by atomic mass is 10.0. The summed E-state index contributed by atoms with van der Waals surface area (Å²) in [6, 6.07) is 11.6. The maximum absolute atomic E-state index is 11.6. The van der Waals surface area contributed by atoms with Gasteiger partial charge >= 0.3 is 0 Å². The van der Waals surface area contributed by atoms with Gasteiger partial charge in [-0.15, -0.1) is 0 Å². The van der Waals surface area contributed by atoms with Crippen LogP contribution in [0.4, 0.5) is 5.69 Å². The van der Waals surface area contributed by atoms with Crippen LogP contribution in [0.3, 0.4) is 0 Å². The number of fused-ring (bicyclic) bond motifs is 1. The fourth-order valence-corrected chi connectivity index (χ4v) is 2.05. The van der Waals surface area contributed by atoms with Crippen LogP contribution in [0.15, 0.2) is 47.6 Å². The Morgan fingerprint density at radius 1 is 1.16 bits per heavy atom. The smallest absolute Gasteiger partial charge is 0.246 e. The molecule has 0 atom stereocenters. The Morgan fingerprint density at radius 2 is 2.00 bits per heavy atom. The average Bonchev–Trinajstić information content (AvgIpc) is 2.58. The number of nitrogens with one attached hydrogen (secondary N) is 1. The number of hydrogen-bond donors (Lipinski definition) is 1. The van der Waals surface area contributed by atoms with Gasteiger partial charge in [0.15, 0.2) is 0 Å². The van der Waals surface area contributed by atoms with Crippen molar-refractivity contribution in [3.05, 3.63) is 59.4 Å². The molecule has 3 rings (SSSR count). The molecule has 4 nitrogen and oxygen atoms in total. The summed E-state index contributed by atoms with van der Waals surface area (Å²) in [6.07, 6.45) is 1.81. The predicted octanol–water partition coefficient (Wildman–Crippen LogP) is 2.18. The van der Waals surface area contributed by atoms with Crippen molar-refractivity contribution in [2.24, 2.45) is 4.99 Å². The molecule has 1 amide bonds. The molecule has 0 spiro atoms. The van der Waals surface area contributed by atoms with E-state index in [9.17, 15) is 4.79 Å². The molecule has 94 valence electrons. The molecule has 0 fully saturated rings. The van der Waals surface area contributed by atoms with Crippen LogP contribution in [0.2, 0.25) is 0 Å². The number of carbonyl (C=O) groups excluding carboxylic acids is 1. The second kappa shape index (κ2) is 4.65. The Bertz CT molecular complexity index is 659. The van der Waals surface area contributed by atoms with Gasteiger partial charge in [-0.05, 0) is 24.6 Å². The summed E-state index contributed by atoms with van der Waals surface area (Å²) in [4.78, 5) is 20.4. The van der Waals surface area contributed by atoms with Gasteiger partial charge in [-0.3, -0.25) is 14.8 Å². The third-order valence-corrected chi connectivity index (χ3v) is 2.99. The Kier molecular flexibility index (Phi) is 2.83. The van der Waals surface area contributed by atoms with E-state index in [0.717, 1.165) is 28.2 Å². The lowest BCUT2D eigenvalue weighted by Gasteiger charge is -2.08. The number of anilines is 1. The van der Waals surface area contributed by atoms with Gasteiger partial charge in [-0.2, -0.15) is 0 Å². The van der Waals surface area contributed by atoms with E-state index in [2.05, 4.69) is 15.3 Å². The number of aliphatic imine (C=N–C) groups is 1. The van der Waals surface area contributed by atoms with Crippen LogP contribution in [0.5, 0.6) is 0 Å². The number of rotatable bonds is 1. The van der Waals surface area contributed by atoms with Crippen molar-refractivity contribution < 1.29 is 4.79 Å². The maximum Gasteiger partial charge on any atom is 0.246 e. The Balaban J connectivity index is 2.14. The second-order valence-corrected chi connectivity index (χ2v) is 4.48. The molecule has 1 aliphatic heterocycles. The number of benzene rings is 1. The average molecular weight is 251 g/mol.